The van der Waals surface area contributed by atoms with Gasteiger partial charge in [0.25, 0.3) is 0 Å². The second-order valence-corrected chi connectivity index (χ2v) is 9.85. The molecule has 0 bridgehead atoms. The maximum atomic E-state index is 14.0. The minimum absolute atomic E-state index is 0.00568. The van der Waals surface area contributed by atoms with Gasteiger partial charge >= 0.3 is 0 Å². The van der Waals surface area contributed by atoms with Gasteiger partial charge in [0.2, 0.25) is 0 Å². The van der Waals surface area contributed by atoms with Gasteiger partial charge in [-0.05, 0) is 74.2 Å². The van der Waals surface area contributed by atoms with Crippen molar-refractivity contribution in [3.8, 4) is 23.0 Å². The van der Waals surface area contributed by atoms with Gasteiger partial charge in [0.1, 0.15) is 11.5 Å². The van der Waals surface area contributed by atoms with Crippen LogP contribution in [0.5, 0.6) is 23.0 Å². The number of rotatable bonds is 7. The predicted molar refractivity (Wildman–Crippen MR) is 149 cm³/mol. The number of para-hydroxylation sites is 2. The Morgan fingerprint density at radius 3 is 2.26 bits per heavy atom. The molecule has 7 nitrogen and oxygen atoms in total. The lowest BCUT2D eigenvalue weighted by atomic mass is 9.78. The molecular formula is C31H34N2O5. The zero-order valence-electron chi connectivity index (χ0n) is 22.5. The first kappa shape index (κ1) is 25.5. The van der Waals surface area contributed by atoms with E-state index in [1.807, 2.05) is 74.5 Å². The molecule has 1 aliphatic carbocycles. The number of hydrogen-bond acceptors (Lipinski definition) is 7. The standard InChI is InChI=1S/C31H34N2O5/c1-18(2)38-28-12-10-19(16-29(28)37-5)20-14-25-30(26(34)15-20)31(33-24-9-7-6-8-23(24)32-25)22-17-21(35-3)11-13-27(22)36-4/h6-13,16-18,20,31-33H,14-15H2,1-5H3. The van der Waals surface area contributed by atoms with Gasteiger partial charge in [-0.3, -0.25) is 4.79 Å². The summed E-state index contributed by atoms with van der Waals surface area (Å²) in [6.45, 7) is 3.97. The summed E-state index contributed by atoms with van der Waals surface area (Å²) in [5.74, 6) is 2.84. The van der Waals surface area contributed by atoms with Crippen molar-refractivity contribution in [2.45, 2.75) is 44.8 Å². The lowest BCUT2D eigenvalue weighted by molar-refractivity contribution is -0.116. The third kappa shape index (κ3) is 4.88. The number of nitrogens with one attached hydrogen (secondary N) is 2. The van der Waals surface area contributed by atoms with E-state index in [9.17, 15) is 4.79 Å². The Bertz CT molecular complexity index is 1380. The van der Waals surface area contributed by atoms with Gasteiger partial charge in [0, 0.05) is 23.3 Å². The highest BCUT2D eigenvalue weighted by Gasteiger charge is 2.37. The molecule has 3 aromatic rings. The van der Waals surface area contributed by atoms with E-state index >= 15 is 0 Å². The number of anilines is 2. The zero-order chi connectivity index (χ0) is 26.8. The maximum absolute atomic E-state index is 14.0. The Kier molecular flexibility index (Phi) is 7.18. The van der Waals surface area contributed by atoms with E-state index in [0.717, 1.165) is 33.8 Å². The summed E-state index contributed by atoms with van der Waals surface area (Å²) in [5, 5.41) is 7.21. The average molecular weight is 515 g/mol. The fourth-order valence-corrected chi connectivity index (χ4v) is 5.32. The summed E-state index contributed by atoms with van der Waals surface area (Å²) in [7, 11) is 4.92. The number of methoxy groups -OCH3 is 3. The van der Waals surface area contributed by atoms with Gasteiger partial charge in [-0.15, -0.1) is 0 Å². The molecule has 198 valence electrons. The second-order valence-electron chi connectivity index (χ2n) is 9.85. The molecule has 3 aromatic carbocycles. The molecule has 38 heavy (non-hydrogen) atoms. The van der Waals surface area contributed by atoms with Crippen molar-refractivity contribution < 1.29 is 23.7 Å². The Morgan fingerprint density at radius 1 is 0.816 bits per heavy atom. The number of Topliss-reactive ketones (excluding diaryl/α,β-unsaturated/α-hetero) is 1. The molecule has 7 heteroatoms. The molecule has 0 spiro atoms. The topological polar surface area (TPSA) is 78.1 Å². The first-order chi connectivity index (χ1) is 18.4. The molecule has 5 rings (SSSR count). The first-order valence-electron chi connectivity index (χ1n) is 12.9. The van der Waals surface area contributed by atoms with Crippen molar-refractivity contribution in [1.82, 2.24) is 0 Å². The Balaban J connectivity index is 1.58. The van der Waals surface area contributed by atoms with Gasteiger partial charge in [0.15, 0.2) is 17.3 Å². The predicted octanol–water partition coefficient (Wildman–Crippen LogP) is 6.48. The molecule has 2 N–H and O–H groups in total. The zero-order valence-corrected chi connectivity index (χ0v) is 22.5. The molecule has 0 aromatic heterocycles. The monoisotopic (exact) mass is 514 g/mol. The summed E-state index contributed by atoms with van der Waals surface area (Å²) in [6.07, 6.45) is 1.09. The van der Waals surface area contributed by atoms with Crippen LogP contribution in [0.2, 0.25) is 0 Å². The van der Waals surface area contributed by atoms with Crippen LogP contribution in [-0.4, -0.2) is 33.2 Å². The summed E-state index contributed by atoms with van der Waals surface area (Å²) in [6, 6.07) is 19.2. The fourth-order valence-electron chi connectivity index (χ4n) is 5.32. The van der Waals surface area contributed by atoms with Crippen molar-refractivity contribution in [3.05, 3.63) is 83.1 Å². The van der Waals surface area contributed by atoms with E-state index < -0.39 is 6.04 Å². The number of hydrogen-bond donors (Lipinski definition) is 2. The molecule has 0 radical (unpaired) electrons. The van der Waals surface area contributed by atoms with Crippen LogP contribution >= 0.6 is 0 Å². The number of benzene rings is 3. The quantitative estimate of drug-likeness (QED) is 0.374. The van der Waals surface area contributed by atoms with Crippen molar-refractivity contribution >= 4 is 17.2 Å². The summed E-state index contributed by atoms with van der Waals surface area (Å²) in [5.41, 5.74) is 5.35. The van der Waals surface area contributed by atoms with Gasteiger partial charge in [-0.2, -0.15) is 0 Å². The molecule has 1 heterocycles. The van der Waals surface area contributed by atoms with Gasteiger partial charge in [0.05, 0.1) is 44.8 Å². The number of allylic oxidation sites excluding steroid dienone is 1. The van der Waals surface area contributed by atoms with Gasteiger partial charge in [-0.25, -0.2) is 0 Å². The summed E-state index contributed by atoms with van der Waals surface area (Å²) < 4.78 is 22.8. The van der Waals surface area contributed by atoms with Crippen LogP contribution in [0, 0.1) is 0 Å². The Labute approximate surface area is 223 Å². The number of ketones is 1. The molecule has 0 saturated carbocycles. The number of carbonyl (C=O) groups excluding carboxylic acids is 1. The van der Waals surface area contributed by atoms with Crippen LogP contribution in [0.1, 0.15) is 49.8 Å². The van der Waals surface area contributed by atoms with Crippen LogP contribution in [0.15, 0.2) is 71.9 Å². The minimum Gasteiger partial charge on any atom is -0.497 e. The lowest BCUT2D eigenvalue weighted by Crippen LogP contribution is -2.27. The van der Waals surface area contributed by atoms with Gasteiger partial charge in [-0.1, -0.05) is 18.2 Å². The van der Waals surface area contributed by atoms with E-state index in [1.165, 1.54) is 0 Å². The molecule has 0 amide bonds. The normalized spacial score (nSPS) is 18.5. The summed E-state index contributed by atoms with van der Waals surface area (Å²) in [4.78, 5) is 14.0. The van der Waals surface area contributed by atoms with Crippen molar-refractivity contribution in [3.63, 3.8) is 0 Å². The lowest BCUT2D eigenvalue weighted by Gasteiger charge is -2.30. The second kappa shape index (κ2) is 10.7. The Morgan fingerprint density at radius 2 is 1.55 bits per heavy atom. The first-order valence-corrected chi connectivity index (χ1v) is 12.9. The van der Waals surface area contributed by atoms with Crippen LogP contribution in [0.4, 0.5) is 11.4 Å². The number of ether oxygens (including phenoxy) is 4. The van der Waals surface area contributed by atoms with E-state index in [-0.39, 0.29) is 17.8 Å². The van der Waals surface area contributed by atoms with E-state index in [4.69, 9.17) is 18.9 Å². The average Bonchev–Trinajstić information content (AvgIpc) is 3.09. The smallest absolute Gasteiger partial charge is 0.163 e. The third-order valence-electron chi connectivity index (χ3n) is 7.08. The third-order valence-corrected chi connectivity index (χ3v) is 7.08. The number of carbonyl (C=O) groups is 1. The highest BCUT2D eigenvalue weighted by Crippen LogP contribution is 2.47. The SMILES string of the molecule is COc1ccc(OC)c(C2Nc3ccccc3NC3=C2C(=O)CC(c2ccc(OC(C)C)c(OC)c2)C3)c1. The van der Waals surface area contributed by atoms with E-state index in [0.29, 0.717) is 35.8 Å². The van der Waals surface area contributed by atoms with Crippen LogP contribution in [0.3, 0.4) is 0 Å². The van der Waals surface area contributed by atoms with Crippen LogP contribution < -0.4 is 29.6 Å². The maximum Gasteiger partial charge on any atom is 0.163 e. The molecule has 2 atom stereocenters. The van der Waals surface area contributed by atoms with Crippen molar-refractivity contribution in [1.29, 1.82) is 0 Å². The summed E-state index contributed by atoms with van der Waals surface area (Å²) >= 11 is 0. The molecular weight excluding hydrogens is 480 g/mol. The molecule has 2 aliphatic rings. The van der Waals surface area contributed by atoms with E-state index in [2.05, 4.69) is 10.6 Å². The van der Waals surface area contributed by atoms with E-state index in [1.54, 1.807) is 21.3 Å². The fraction of sp³-hybridized carbons (Fsp3) is 0.323. The van der Waals surface area contributed by atoms with Crippen LogP contribution in [0.25, 0.3) is 0 Å². The van der Waals surface area contributed by atoms with Crippen molar-refractivity contribution in [2.75, 3.05) is 32.0 Å². The highest BCUT2D eigenvalue weighted by atomic mass is 16.5. The van der Waals surface area contributed by atoms with Gasteiger partial charge < -0.3 is 29.6 Å². The molecule has 2 unspecified atom stereocenters. The molecule has 0 fully saturated rings. The largest absolute Gasteiger partial charge is 0.497 e. The van der Waals surface area contributed by atoms with Crippen molar-refractivity contribution in [2.24, 2.45) is 0 Å². The Hall–Kier alpha value is -4.13. The number of fused-ring (bicyclic) bond motifs is 1. The van der Waals surface area contributed by atoms with Crippen LogP contribution in [-0.2, 0) is 4.79 Å². The minimum atomic E-state index is -0.406. The highest BCUT2D eigenvalue weighted by molar-refractivity contribution is 6.01. The molecule has 1 aliphatic heterocycles. The molecule has 0 saturated heterocycles.